The van der Waals surface area contributed by atoms with Crippen LogP contribution in [-0.4, -0.2) is 70.0 Å². The van der Waals surface area contributed by atoms with Gasteiger partial charge in [0.05, 0.1) is 27.7 Å². The van der Waals surface area contributed by atoms with Gasteiger partial charge in [0, 0.05) is 12.8 Å². The molecule has 0 aromatic rings. The molecule has 9 nitrogen and oxygen atoms in total. The highest BCUT2D eigenvalue weighted by Crippen LogP contribution is 2.38. The number of nitrogens with zero attached hydrogens (tertiary/aromatic N) is 1. The molecule has 0 N–H and O–H groups in total. The molecule has 2 atom stereocenters. The van der Waals surface area contributed by atoms with E-state index in [9.17, 15) is 19.0 Å². The lowest BCUT2D eigenvalue weighted by atomic mass is 10.0. The van der Waals surface area contributed by atoms with Crippen LogP contribution in [0.25, 0.3) is 0 Å². The zero-order valence-corrected chi connectivity index (χ0v) is 58.2. The number of allylic oxidation sites excluding steroid dienone is 12. The first-order valence-corrected chi connectivity index (χ1v) is 38.1. The molecule has 10 heteroatoms. The third-order valence-electron chi connectivity index (χ3n) is 16.2. The molecule has 0 saturated heterocycles. The van der Waals surface area contributed by atoms with E-state index in [0.29, 0.717) is 17.4 Å². The van der Waals surface area contributed by atoms with E-state index in [0.717, 1.165) is 70.6 Å². The summed E-state index contributed by atoms with van der Waals surface area (Å²) in [6, 6.07) is 0. The maximum Gasteiger partial charge on any atom is 0.306 e. The van der Waals surface area contributed by atoms with Crippen LogP contribution in [0.2, 0.25) is 0 Å². The molecule has 0 aliphatic carbocycles. The second-order valence-electron chi connectivity index (χ2n) is 25.9. The first kappa shape index (κ1) is 83.5. The number of unbranched alkanes of at least 4 members (excludes halogenated alkanes) is 42. The molecule has 0 bridgehead atoms. The standard InChI is InChI=1S/C76H140NO8P/c1-6-8-10-12-14-16-18-20-22-24-26-28-30-32-34-36-37-38-39-41-42-44-46-48-50-52-54-56-58-60-62-64-66-68-75(78)82-72-74(73-84-86(80,81)83-71-70-77(3,4)5)85-76(79)69-67-65-63-61-59-57-55-53-51-49-47-45-43-40-35-33-31-29-27-25-23-21-19-17-15-13-11-9-7-2/h9,11,15,17,21,23-24,26-27,29,33,35,74H,6-8,10,12-14,16,18-20,22,25,28,30-32,34,36-73H2,1-5H3/b11-9-,17-15-,23-21-,26-24-,29-27-,35-33-. The van der Waals surface area contributed by atoms with Crippen LogP contribution < -0.4 is 4.89 Å². The molecule has 2 unspecified atom stereocenters. The number of phosphoric acid groups is 1. The average Bonchev–Trinajstić information content (AvgIpc) is 3.67. The van der Waals surface area contributed by atoms with E-state index in [1.807, 2.05) is 21.1 Å². The fraction of sp³-hybridized carbons (Fsp3) is 0.816. The second kappa shape index (κ2) is 66.9. The summed E-state index contributed by atoms with van der Waals surface area (Å²) >= 11 is 0. The van der Waals surface area contributed by atoms with Crippen LogP contribution in [0.15, 0.2) is 72.9 Å². The summed E-state index contributed by atoms with van der Waals surface area (Å²) in [5.74, 6) is -0.820. The number of hydrogen-bond donors (Lipinski definition) is 0. The lowest BCUT2D eigenvalue weighted by Gasteiger charge is -2.28. The zero-order chi connectivity index (χ0) is 62.6. The molecule has 0 radical (unpaired) electrons. The number of likely N-dealkylation sites (N-methyl/N-ethyl adjacent to an activating group) is 1. The van der Waals surface area contributed by atoms with Crippen molar-refractivity contribution in [1.82, 2.24) is 0 Å². The van der Waals surface area contributed by atoms with Crippen LogP contribution in [0.4, 0.5) is 0 Å². The van der Waals surface area contributed by atoms with E-state index >= 15 is 0 Å². The highest BCUT2D eigenvalue weighted by Gasteiger charge is 2.22. The van der Waals surface area contributed by atoms with Gasteiger partial charge >= 0.3 is 11.9 Å². The number of esters is 2. The van der Waals surface area contributed by atoms with Crippen LogP contribution in [-0.2, 0) is 32.7 Å². The highest BCUT2D eigenvalue weighted by molar-refractivity contribution is 7.45. The summed E-state index contributed by atoms with van der Waals surface area (Å²) in [7, 11) is 1.18. The third kappa shape index (κ3) is 70.5. The molecule has 0 fully saturated rings. The minimum atomic E-state index is -4.64. The molecule has 0 aliphatic rings. The molecule has 0 heterocycles. The van der Waals surface area contributed by atoms with Crippen LogP contribution in [0, 0.1) is 0 Å². The van der Waals surface area contributed by atoms with E-state index in [1.54, 1.807) is 0 Å². The van der Waals surface area contributed by atoms with Crippen molar-refractivity contribution in [2.75, 3.05) is 47.5 Å². The number of phosphoric ester groups is 1. The van der Waals surface area contributed by atoms with Crippen molar-refractivity contribution >= 4 is 19.8 Å². The summed E-state index contributed by atoms with van der Waals surface area (Å²) < 4.78 is 34.4. The Labute approximate surface area is 533 Å². The van der Waals surface area contributed by atoms with Gasteiger partial charge in [-0.15, -0.1) is 0 Å². The van der Waals surface area contributed by atoms with E-state index in [1.165, 1.54) is 244 Å². The van der Waals surface area contributed by atoms with Gasteiger partial charge in [-0.25, -0.2) is 0 Å². The molecule has 0 aliphatic heterocycles. The average molecular weight is 1230 g/mol. The maximum absolute atomic E-state index is 12.9. The molecule has 0 aromatic heterocycles. The quantitative estimate of drug-likeness (QED) is 0.0195. The minimum Gasteiger partial charge on any atom is -0.756 e. The normalized spacial score (nSPS) is 13.5. The van der Waals surface area contributed by atoms with Gasteiger partial charge in [-0.1, -0.05) is 324 Å². The molecule has 0 rings (SSSR count). The number of quaternary nitrogens is 1. The highest BCUT2D eigenvalue weighted by atomic mass is 31.2. The number of rotatable bonds is 68. The van der Waals surface area contributed by atoms with Crippen molar-refractivity contribution in [3.05, 3.63) is 72.9 Å². The Balaban J connectivity index is 3.99. The molecule has 502 valence electrons. The molecular weight excluding hydrogens is 1090 g/mol. The predicted molar refractivity (Wildman–Crippen MR) is 370 cm³/mol. The number of carbonyl (C=O) groups excluding carboxylic acids is 2. The summed E-state index contributed by atoms with van der Waals surface area (Å²) in [6.45, 7) is 4.18. The largest absolute Gasteiger partial charge is 0.756 e. The van der Waals surface area contributed by atoms with Crippen molar-refractivity contribution < 1.29 is 42.1 Å². The SMILES string of the molecule is CC/C=C\C/C=C\C/C=C\C/C=C\C/C=C\CCCCCCCCCCCCCCCC(=O)OC(COC(=O)CCCCCCCCCCCCCCCCCCCCCCC/C=C\CCCCCCCCCC)COP(=O)([O-])OCC[N+](C)(C)C. The van der Waals surface area contributed by atoms with E-state index in [-0.39, 0.29) is 32.0 Å². The molecule has 0 aromatic carbocycles. The van der Waals surface area contributed by atoms with E-state index < -0.39 is 26.5 Å². The Morgan fingerprint density at radius 3 is 1.00 bits per heavy atom. The first-order chi connectivity index (χ1) is 42.0. The number of carbonyl (C=O) groups is 2. The predicted octanol–water partition coefficient (Wildman–Crippen LogP) is 23.3. The van der Waals surface area contributed by atoms with Crippen molar-refractivity contribution in [3.8, 4) is 0 Å². The molecule has 0 spiro atoms. The Morgan fingerprint density at radius 2 is 0.663 bits per heavy atom. The first-order valence-electron chi connectivity index (χ1n) is 36.6. The molecule has 0 saturated carbocycles. The van der Waals surface area contributed by atoms with Gasteiger partial charge in [-0.3, -0.25) is 14.2 Å². The Hall–Kier alpha value is -2.55. The summed E-state index contributed by atoms with van der Waals surface area (Å²) in [5.41, 5.74) is 0. The van der Waals surface area contributed by atoms with Crippen LogP contribution in [0.5, 0.6) is 0 Å². The lowest BCUT2D eigenvalue weighted by molar-refractivity contribution is -0.870. The Kier molecular flexibility index (Phi) is 64.9. The van der Waals surface area contributed by atoms with Crippen molar-refractivity contribution in [1.29, 1.82) is 0 Å². The van der Waals surface area contributed by atoms with Gasteiger partial charge in [0.25, 0.3) is 7.82 Å². The molecule has 86 heavy (non-hydrogen) atoms. The summed E-state index contributed by atoms with van der Waals surface area (Å²) in [5, 5.41) is 0. The number of hydrogen-bond acceptors (Lipinski definition) is 8. The van der Waals surface area contributed by atoms with Crippen molar-refractivity contribution in [2.24, 2.45) is 0 Å². The zero-order valence-electron chi connectivity index (χ0n) is 57.3. The lowest BCUT2D eigenvalue weighted by Crippen LogP contribution is -2.37. The smallest absolute Gasteiger partial charge is 0.306 e. The van der Waals surface area contributed by atoms with Crippen molar-refractivity contribution in [3.63, 3.8) is 0 Å². The fourth-order valence-electron chi connectivity index (χ4n) is 10.6. The van der Waals surface area contributed by atoms with E-state index in [2.05, 4.69) is 86.8 Å². The monoisotopic (exact) mass is 1230 g/mol. The Bertz CT molecular complexity index is 1680. The van der Waals surface area contributed by atoms with Crippen LogP contribution in [0.3, 0.4) is 0 Å². The fourth-order valence-corrected chi connectivity index (χ4v) is 11.4. The van der Waals surface area contributed by atoms with E-state index in [4.69, 9.17) is 18.5 Å². The molecule has 0 amide bonds. The minimum absolute atomic E-state index is 0.0313. The maximum atomic E-state index is 12.9. The summed E-state index contributed by atoms with van der Waals surface area (Å²) in [4.78, 5) is 38.1. The van der Waals surface area contributed by atoms with Gasteiger partial charge in [0.1, 0.15) is 19.8 Å². The summed E-state index contributed by atoms with van der Waals surface area (Å²) in [6.07, 6.45) is 90.0. The number of ether oxygens (including phenoxy) is 2. The van der Waals surface area contributed by atoms with Gasteiger partial charge < -0.3 is 27.9 Å². The molecular formula is C76H140NO8P. The Morgan fingerprint density at radius 1 is 0.372 bits per heavy atom. The van der Waals surface area contributed by atoms with Crippen molar-refractivity contribution in [2.45, 2.75) is 354 Å². The second-order valence-corrected chi connectivity index (χ2v) is 27.3. The van der Waals surface area contributed by atoms with Gasteiger partial charge in [0.15, 0.2) is 6.10 Å². The van der Waals surface area contributed by atoms with Gasteiger partial charge in [-0.2, -0.15) is 0 Å². The topological polar surface area (TPSA) is 111 Å². The van der Waals surface area contributed by atoms with Gasteiger partial charge in [-0.05, 0) is 83.5 Å². The van der Waals surface area contributed by atoms with Crippen LogP contribution >= 0.6 is 7.82 Å². The van der Waals surface area contributed by atoms with Gasteiger partial charge in [0.2, 0.25) is 0 Å². The third-order valence-corrected chi connectivity index (χ3v) is 17.2. The van der Waals surface area contributed by atoms with Crippen LogP contribution in [0.1, 0.15) is 348 Å².